The van der Waals surface area contributed by atoms with Crippen LogP contribution in [0.3, 0.4) is 0 Å². The molecule has 4 rings (SSSR count). The van der Waals surface area contributed by atoms with Crippen LogP contribution >= 0.6 is 0 Å². The molecular weight excluding hydrogens is 356 g/mol. The minimum absolute atomic E-state index is 0.458. The highest BCUT2D eigenvalue weighted by Crippen LogP contribution is 2.41. The van der Waals surface area contributed by atoms with Gasteiger partial charge in [-0.25, -0.2) is 0 Å². The smallest absolute Gasteiger partial charge is 0.229 e. The monoisotopic (exact) mass is 376 g/mol. The van der Waals surface area contributed by atoms with Gasteiger partial charge in [-0.15, -0.1) is 0 Å². The molecule has 142 valence electrons. The first-order valence-corrected chi connectivity index (χ1v) is 8.75. The Kier molecular flexibility index (Phi) is 4.72. The predicted molar refractivity (Wildman–Crippen MR) is 108 cm³/mol. The second kappa shape index (κ2) is 7.48. The fraction of sp³-hybridized carbons (Fsp3) is 0.143. The van der Waals surface area contributed by atoms with E-state index in [0.29, 0.717) is 34.8 Å². The number of aryl methyl sites for hydroxylation is 1. The number of methoxy groups -OCH3 is 2. The molecule has 0 aliphatic rings. The average Bonchev–Trinajstić information content (AvgIpc) is 3.12. The maximum Gasteiger partial charge on any atom is 0.229 e. The summed E-state index contributed by atoms with van der Waals surface area (Å²) in [5.41, 5.74) is 0.947. The van der Waals surface area contributed by atoms with Crippen molar-refractivity contribution < 1.29 is 14.2 Å². The quantitative estimate of drug-likeness (QED) is 0.502. The van der Waals surface area contributed by atoms with Crippen LogP contribution in [0, 0.1) is 6.92 Å². The number of hydrogen-bond donors (Lipinski definition) is 2. The highest BCUT2D eigenvalue weighted by molar-refractivity contribution is 5.96. The van der Waals surface area contributed by atoms with Crippen LogP contribution in [0.1, 0.15) is 5.69 Å². The lowest BCUT2D eigenvalue weighted by molar-refractivity contribution is 0.358. The van der Waals surface area contributed by atoms with Crippen molar-refractivity contribution in [2.75, 3.05) is 19.5 Å². The number of benzene rings is 2. The highest BCUT2D eigenvalue weighted by atomic mass is 16.5. The number of nitrogens with one attached hydrogen (secondary N) is 2. The SMILES string of the molecule is COc1ccc2c(Oc3ccccc3)nc(Nc3cc(C)[nH]n3)cc2c1OC. The highest BCUT2D eigenvalue weighted by Gasteiger charge is 2.16. The van der Waals surface area contributed by atoms with E-state index in [-0.39, 0.29) is 0 Å². The molecule has 2 N–H and O–H groups in total. The molecule has 2 aromatic carbocycles. The van der Waals surface area contributed by atoms with Crippen molar-refractivity contribution in [3.05, 3.63) is 60.3 Å². The summed E-state index contributed by atoms with van der Waals surface area (Å²) in [7, 11) is 3.22. The van der Waals surface area contributed by atoms with E-state index < -0.39 is 0 Å². The Balaban J connectivity index is 1.86. The predicted octanol–water partition coefficient (Wildman–Crippen LogP) is 4.82. The van der Waals surface area contributed by atoms with Gasteiger partial charge in [0.05, 0.1) is 14.2 Å². The van der Waals surface area contributed by atoms with Crippen molar-refractivity contribution in [1.29, 1.82) is 0 Å². The van der Waals surface area contributed by atoms with Gasteiger partial charge in [0.1, 0.15) is 11.6 Å². The Morgan fingerprint density at radius 1 is 0.893 bits per heavy atom. The molecule has 0 aliphatic carbocycles. The Morgan fingerprint density at radius 3 is 2.39 bits per heavy atom. The maximum atomic E-state index is 6.07. The molecule has 0 saturated carbocycles. The number of nitrogens with zero attached hydrogens (tertiary/aromatic N) is 2. The normalized spacial score (nSPS) is 10.7. The van der Waals surface area contributed by atoms with Gasteiger partial charge in [-0.05, 0) is 37.3 Å². The van der Waals surface area contributed by atoms with Gasteiger partial charge in [0.15, 0.2) is 17.3 Å². The van der Waals surface area contributed by atoms with Gasteiger partial charge in [-0.1, -0.05) is 18.2 Å². The van der Waals surface area contributed by atoms with Crippen molar-refractivity contribution in [1.82, 2.24) is 15.2 Å². The molecule has 4 aromatic rings. The first kappa shape index (κ1) is 17.7. The zero-order valence-corrected chi connectivity index (χ0v) is 15.8. The number of fused-ring (bicyclic) bond motifs is 1. The molecule has 0 fully saturated rings. The average molecular weight is 376 g/mol. The topological polar surface area (TPSA) is 81.3 Å². The first-order valence-electron chi connectivity index (χ1n) is 8.75. The maximum absolute atomic E-state index is 6.07. The molecular formula is C21H20N4O3. The van der Waals surface area contributed by atoms with Gasteiger partial charge in [-0.2, -0.15) is 10.1 Å². The van der Waals surface area contributed by atoms with Crippen LogP contribution in [0.4, 0.5) is 11.6 Å². The molecule has 0 spiro atoms. The van der Waals surface area contributed by atoms with Crippen LogP contribution in [0.5, 0.6) is 23.1 Å². The van der Waals surface area contributed by atoms with Crippen LogP contribution in [0.25, 0.3) is 10.8 Å². The molecule has 0 aliphatic heterocycles. The van der Waals surface area contributed by atoms with Crippen molar-refractivity contribution in [3.8, 4) is 23.1 Å². The number of rotatable bonds is 6. The summed E-state index contributed by atoms with van der Waals surface area (Å²) >= 11 is 0. The molecule has 2 aromatic heterocycles. The van der Waals surface area contributed by atoms with E-state index in [1.807, 2.05) is 61.5 Å². The largest absolute Gasteiger partial charge is 0.493 e. The number of hydrogen-bond acceptors (Lipinski definition) is 6. The van der Waals surface area contributed by atoms with Gasteiger partial charge in [0.25, 0.3) is 0 Å². The van der Waals surface area contributed by atoms with Crippen molar-refractivity contribution in [3.63, 3.8) is 0 Å². The lowest BCUT2D eigenvalue weighted by atomic mass is 10.1. The van der Waals surface area contributed by atoms with Gasteiger partial charge in [-0.3, -0.25) is 5.10 Å². The number of aromatic amines is 1. The Bertz CT molecular complexity index is 1110. The summed E-state index contributed by atoms with van der Waals surface area (Å²) < 4.78 is 17.1. The molecule has 28 heavy (non-hydrogen) atoms. The van der Waals surface area contributed by atoms with Crippen molar-refractivity contribution in [2.24, 2.45) is 0 Å². The zero-order chi connectivity index (χ0) is 19.5. The molecule has 0 amide bonds. The van der Waals surface area contributed by atoms with E-state index in [1.54, 1.807) is 14.2 Å². The third-order valence-electron chi connectivity index (χ3n) is 4.24. The van der Waals surface area contributed by atoms with E-state index >= 15 is 0 Å². The molecule has 2 heterocycles. The molecule has 0 unspecified atom stereocenters. The van der Waals surface area contributed by atoms with Crippen molar-refractivity contribution >= 4 is 22.4 Å². The second-order valence-corrected chi connectivity index (χ2v) is 6.19. The molecule has 0 bridgehead atoms. The van der Waals surface area contributed by atoms with Gasteiger partial charge in [0.2, 0.25) is 5.88 Å². The van der Waals surface area contributed by atoms with Crippen LogP contribution in [0.15, 0.2) is 54.6 Å². The van der Waals surface area contributed by atoms with E-state index in [2.05, 4.69) is 20.5 Å². The number of anilines is 2. The second-order valence-electron chi connectivity index (χ2n) is 6.19. The third-order valence-corrected chi connectivity index (χ3v) is 4.24. The van der Waals surface area contributed by atoms with Crippen LogP contribution in [-0.4, -0.2) is 29.4 Å². The molecule has 0 saturated heterocycles. The number of para-hydroxylation sites is 1. The Morgan fingerprint density at radius 2 is 1.71 bits per heavy atom. The van der Waals surface area contributed by atoms with E-state index in [9.17, 15) is 0 Å². The Hall–Kier alpha value is -3.74. The van der Waals surface area contributed by atoms with Crippen molar-refractivity contribution in [2.45, 2.75) is 6.92 Å². The fourth-order valence-corrected chi connectivity index (χ4v) is 2.97. The van der Waals surface area contributed by atoms with Crippen LogP contribution < -0.4 is 19.5 Å². The minimum Gasteiger partial charge on any atom is -0.493 e. The minimum atomic E-state index is 0.458. The van der Waals surface area contributed by atoms with E-state index in [0.717, 1.165) is 16.5 Å². The summed E-state index contributed by atoms with van der Waals surface area (Å²) in [6.07, 6.45) is 0. The number of aromatic nitrogens is 3. The lowest BCUT2D eigenvalue weighted by Gasteiger charge is -2.15. The third kappa shape index (κ3) is 3.42. The first-order chi connectivity index (χ1) is 13.7. The summed E-state index contributed by atoms with van der Waals surface area (Å²) in [6, 6.07) is 17.0. The van der Waals surface area contributed by atoms with Gasteiger partial charge in [0, 0.05) is 22.5 Å². The lowest BCUT2D eigenvalue weighted by Crippen LogP contribution is -1.99. The molecule has 7 heteroatoms. The summed E-state index contributed by atoms with van der Waals surface area (Å²) in [4.78, 5) is 4.65. The Labute approximate surface area is 162 Å². The molecule has 7 nitrogen and oxygen atoms in total. The number of H-pyrrole nitrogens is 1. The summed E-state index contributed by atoms with van der Waals surface area (Å²) in [6.45, 7) is 1.93. The number of pyridine rings is 1. The van der Waals surface area contributed by atoms with Gasteiger partial charge < -0.3 is 19.5 Å². The zero-order valence-electron chi connectivity index (χ0n) is 15.8. The van der Waals surface area contributed by atoms with Crippen LogP contribution in [0.2, 0.25) is 0 Å². The van der Waals surface area contributed by atoms with E-state index in [1.165, 1.54) is 0 Å². The van der Waals surface area contributed by atoms with Gasteiger partial charge >= 0.3 is 0 Å². The number of ether oxygens (including phenoxy) is 3. The fourth-order valence-electron chi connectivity index (χ4n) is 2.97. The molecule has 0 atom stereocenters. The summed E-state index contributed by atoms with van der Waals surface area (Å²) in [5.74, 6) is 3.64. The summed E-state index contributed by atoms with van der Waals surface area (Å²) in [5, 5.41) is 11.9. The van der Waals surface area contributed by atoms with E-state index in [4.69, 9.17) is 14.2 Å². The standard InChI is InChI=1S/C21H20N4O3/c1-13-11-19(25-24-13)22-18-12-16-15(9-10-17(26-2)20(16)27-3)21(23-18)28-14-7-5-4-6-8-14/h4-12H,1-3H3,(H2,22,23,24,25). The molecule has 0 radical (unpaired) electrons. The van der Waals surface area contributed by atoms with Crippen LogP contribution in [-0.2, 0) is 0 Å².